The second kappa shape index (κ2) is 6.18. The summed E-state index contributed by atoms with van der Waals surface area (Å²) in [5, 5.41) is 8.87. The molecule has 25 heavy (non-hydrogen) atoms. The Bertz CT molecular complexity index is 803. The lowest BCUT2D eigenvalue weighted by Gasteiger charge is -2.28. The zero-order valence-electron chi connectivity index (χ0n) is 13.9. The van der Waals surface area contributed by atoms with Crippen LogP contribution in [0.4, 0.5) is 0 Å². The largest absolute Gasteiger partial charge is 0.346 e. The van der Waals surface area contributed by atoms with E-state index < -0.39 is 0 Å². The number of hydrogen-bond acceptors (Lipinski definition) is 6. The summed E-state index contributed by atoms with van der Waals surface area (Å²) in [5.74, 6) is -0.0941. The summed E-state index contributed by atoms with van der Waals surface area (Å²) < 4.78 is 3.81. The van der Waals surface area contributed by atoms with Gasteiger partial charge in [-0.25, -0.2) is 0 Å². The van der Waals surface area contributed by atoms with Gasteiger partial charge in [0.2, 0.25) is 5.91 Å². The minimum absolute atomic E-state index is 0.0149. The van der Waals surface area contributed by atoms with E-state index in [1.165, 1.54) is 11.5 Å². The van der Waals surface area contributed by atoms with Crippen molar-refractivity contribution in [1.29, 1.82) is 0 Å². The summed E-state index contributed by atoms with van der Waals surface area (Å²) in [4.78, 5) is 31.4. The first-order valence-electron chi connectivity index (χ1n) is 8.39. The number of rotatable bonds is 4. The van der Waals surface area contributed by atoms with Gasteiger partial charge < -0.3 is 10.2 Å². The fourth-order valence-electron chi connectivity index (χ4n) is 3.73. The molecule has 1 aliphatic carbocycles. The number of aromatic nitrogens is 3. The molecule has 4 rings (SSSR count). The minimum atomic E-state index is -0.223. The van der Waals surface area contributed by atoms with E-state index in [0.29, 0.717) is 17.9 Å². The molecule has 2 aromatic rings. The lowest BCUT2D eigenvalue weighted by Crippen LogP contribution is -2.49. The van der Waals surface area contributed by atoms with E-state index in [1.807, 2.05) is 24.0 Å². The van der Waals surface area contributed by atoms with Crippen LogP contribution in [0.2, 0.25) is 0 Å². The third kappa shape index (κ3) is 2.90. The molecule has 1 saturated carbocycles. The molecule has 130 valence electrons. The highest BCUT2D eigenvalue weighted by atomic mass is 32.1. The summed E-state index contributed by atoms with van der Waals surface area (Å²) in [5.41, 5.74) is 1.80. The second-order valence-corrected chi connectivity index (χ2v) is 7.32. The molecule has 3 heterocycles. The Labute approximate surface area is 149 Å². The molecular weight excluding hydrogens is 338 g/mol. The molecule has 7 nitrogen and oxygen atoms in total. The molecule has 1 unspecified atom stereocenters. The first-order valence-corrected chi connectivity index (χ1v) is 9.23. The molecule has 0 bridgehead atoms. The van der Waals surface area contributed by atoms with Crippen LogP contribution in [0, 0.1) is 6.92 Å². The van der Waals surface area contributed by atoms with Gasteiger partial charge in [-0.05, 0) is 49.3 Å². The van der Waals surface area contributed by atoms with Crippen molar-refractivity contribution in [3.63, 3.8) is 0 Å². The van der Waals surface area contributed by atoms with Crippen molar-refractivity contribution >= 4 is 23.3 Å². The van der Waals surface area contributed by atoms with Crippen LogP contribution < -0.4 is 5.32 Å². The normalized spacial score (nSPS) is 20.7. The summed E-state index contributed by atoms with van der Waals surface area (Å²) in [6.07, 6.45) is 4.54. The van der Waals surface area contributed by atoms with Gasteiger partial charge in [-0.2, -0.15) is 0 Å². The number of nitrogens with one attached hydrogen (secondary N) is 1. The number of carbonyl (C=O) groups excluding carboxylic acids is 2. The van der Waals surface area contributed by atoms with E-state index in [2.05, 4.69) is 19.9 Å². The van der Waals surface area contributed by atoms with Gasteiger partial charge >= 0.3 is 0 Å². The first kappa shape index (κ1) is 16.1. The van der Waals surface area contributed by atoms with Gasteiger partial charge in [-0.1, -0.05) is 10.6 Å². The molecule has 1 spiro atoms. The molecule has 2 amide bonds. The highest BCUT2D eigenvalue weighted by Gasteiger charge is 2.59. The maximum atomic E-state index is 12.7. The van der Waals surface area contributed by atoms with E-state index in [0.717, 1.165) is 24.8 Å². The molecule has 1 N–H and O–H groups in total. The Morgan fingerprint density at radius 3 is 2.96 bits per heavy atom. The molecular formula is C17H19N5O2S. The van der Waals surface area contributed by atoms with Crippen LogP contribution in [0.25, 0.3) is 0 Å². The topological polar surface area (TPSA) is 88.1 Å². The van der Waals surface area contributed by atoms with E-state index in [-0.39, 0.29) is 29.8 Å². The molecule has 0 radical (unpaired) electrons. The van der Waals surface area contributed by atoms with E-state index in [4.69, 9.17) is 0 Å². The smallest absolute Gasteiger partial charge is 0.270 e. The van der Waals surface area contributed by atoms with Gasteiger partial charge in [0.15, 0.2) is 0 Å². The highest BCUT2D eigenvalue weighted by Crippen LogP contribution is 2.49. The fraction of sp³-hybridized carbons (Fsp3) is 0.471. The van der Waals surface area contributed by atoms with Gasteiger partial charge in [0.1, 0.15) is 5.69 Å². The average molecular weight is 357 g/mol. The number of likely N-dealkylation sites (tertiary alicyclic amines) is 1. The molecule has 0 aromatic carbocycles. The summed E-state index contributed by atoms with van der Waals surface area (Å²) in [6.45, 7) is 2.55. The number of nitrogens with zero attached hydrogens (tertiary/aromatic N) is 4. The summed E-state index contributed by atoms with van der Waals surface area (Å²) >= 11 is 1.25. The highest BCUT2D eigenvalue weighted by molar-refractivity contribution is 7.03. The third-order valence-corrected chi connectivity index (χ3v) is 5.71. The van der Waals surface area contributed by atoms with Crippen LogP contribution in [-0.2, 0) is 11.2 Å². The van der Waals surface area contributed by atoms with Crippen LogP contribution in [-0.4, -0.2) is 49.4 Å². The maximum absolute atomic E-state index is 12.7. The second-order valence-electron chi connectivity index (χ2n) is 6.71. The molecule has 2 aliphatic rings. The Morgan fingerprint density at radius 2 is 2.28 bits per heavy atom. The standard InChI is InChI=1S/C17H19N5O2S/c1-11-3-2-7-18-15(11)16(24)19-13-4-8-22(17(13)5-6-17)14(23)9-12-10-25-21-20-12/h2-3,7,10,13H,4-6,8-9H2,1H3,(H,19,24). The van der Waals surface area contributed by atoms with Crippen molar-refractivity contribution in [2.75, 3.05) is 6.54 Å². The zero-order valence-corrected chi connectivity index (χ0v) is 14.8. The van der Waals surface area contributed by atoms with Gasteiger partial charge in [0.05, 0.1) is 23.7 Å². The predicted octanol–water partition coefficient (Wildman–Crippen LogP) is 1.35. The van der Waals surface area contributed by atoms with Gasteiger partial charge in [-0.15, -0.1) is 5.10 Å². The Hall–Kier alpha value is -2.35. The maximum Gasteiger partial charge on any atom is 0.270 e. The van der Waals surface area contributed by atoms with Crippen molar-refractivity contribution in [3.8, 4) is 0 Å². The Morgan fingerprint density at radius 1 is 1.44 bits per heavy atom. The fourth-order valence-corrected chi connectivity index (χ4v) is 4.18. The molecule has 1 aliphatic heterocycles. The van der Waals surface area contributed by atoms with E-state index in [9.17, 15) is 9.59 Å². The average Bonchev–Trinajstić information content (AvgIpc) is 3.06. The van der Waals surface area contributed by atoms with Crippen molar-refractivity contribution in [2.24, 2.45) is 0 Å². The number of carbonyl (C=O) groups is 2. The van der Waals surface area contributed by atoms with Gasteiger partial charge in [-0.3, -0.25) is 14.6 Å². The third-order valence-electron chi connectivity index (χ3n) is 5.16. The van der Waals surface area contributed by atoms with Crippen molar-refractivity contribution < 1.29 is 9.59 Å². The predicted molar refractivity (Wildman–Crippen MR) is 92.1 cm³/mol. The van der Waals surface area contributed by atoms with Crippen LogP contribution in [0.5, 0.6) is 0 Å². The van der Waals surface area contributed by atoms with Crippen LogP contribution in [0.3, 0.4) is 0 Å². The van der Waals surface area contributed by atoms with Crippen molar-refractivity contribution in [1.82, 2.24) is 24.8 Å². The monoisotopic (exact) mass is 357 g/mol. The van der Waals surface area contributed by atoms with E-state index >= 15 is 0 Å². The Kier molecular flexibility index (Phi) is 3.99. The van der Waals surface area contributed by atoms with E-state index in [1.54, 1.807) is 11.6 Å². The first-order chi connectivity index (χ1) is 12.1. The summed E-state index contributed by atoms with van der Waals surface area (Å²) in [7, 11) is 0. The zero-order chi connectivity index (χ0) is 17.4. The lowest BCUT2D eigenvalue weighted by molar-refractivity contribution is -0.132. The van der Waals surface area contributed by atoms with Crippen molar-refractivity contribution in [3.05, 3.63) is 40.7 Å². The molecule has 1 atom stereocenters. The number of pyridine rings is 1. The summed E-state index contributed by atoms with van der Waals surface area (Å²) in [6, 6.07) is 3.68. The quantitative estimate of drug-likeness (QED) is 0.892. The number of hydrogen-bond donors (Lipinski definition) is 1. The molecule has 8 heteroatoms. The number of aryl methyl sites for hydroxylation is 1. The van der Waals surface area contributed by atoms with Gasteiger partial charge in [0, 0.05) is 18.1 Å². The van der Waals surface area contributed by atoms with Gasteiger partial charge in [0.25, 0.3) is 5.91 Å². The van der Waals surface area contributed by atoms with Crippen LogP contribution >= 0.6 is 11.5 Å². The van der Waals surface area contributed by atoms with Crippen LogP contribution in [0.1, 0.15) is 41.0 Å². The SMILES string of the molecule is Cc1cccnc1C(=O)NC1CCN(C(=O)Cc2csnn2)C12CC2. The van der Waals surface area contributed by atoms with Crippen molar-refractivity contribution in [2.45, 2.75) is 44.2 Å². The molecule has 2 aromatic heterocycles. The Balaban J connectivity index is 1.45. The van der Waals surface area contributed by atoms with Crippen LogP contribution in [0.15, 0.2) is 23.7 Å². The molecule has 2 fully saturated rings. The lowest BCUT2D eigenvalue weighted by atomic mass is 10.1. The minimum Gasteiger partial charge on any atom is -0.346 e. The number of amides is 2. The molecule has 1 saturated heterocycles.